The van der Waals surface area contributed by atoms with E-state index in [0.29, 0.717) is 35.5 Å². The molecule has 4 N–H and O–H groups in total. The third-order valence-corrected chi connectivity index (χ3v) is 15.4. The third-order valence-electron chi connectivity index (χ3n) is 15.4. The summed E-state index contributed by atoms with van der Waals surface area (Å²) in [7, 11) is 0. The van der Waals surface area contributed by atoms with Crippen molar-refractivity contribution in [2.45, 2.75) is 128 Å². The Labute approximate surface area is 254 Å². The molecule has 6 aliphatic carbocycles. The highest BCUT2D eigenvalue weighted by molar-refractivity contribution is 5.79. The summed E-state index contributed by atoms with van der Waals surface area (Å²) < 4.78 is 0. The number of nitrogens with zero attached hydrogens (tertiary/aromatic N) is 2. The van der Waals surface area contributed by atoms with Crippen molar-refractivity contribution in [1.82, 2.24) is 9.80 Å². The van der Waals surface area contributed by atoms with Gasteiger partial charge in [0.25, 0.3) is 0 Å². The molecular weight excluding hydrogens is 520 g/mol. The number of hydrogen-bond acceptors (Lipinski definition) is 4. The lowest BCUT2D eigenvalue weighted by Gasteiger charge is -2.53. The van der Waals surface area contributed by atoms with Crippen LogP contribution in [0, 0.1) is 58.2 Å². The van der Waals surface area contributed by atoms with E-state index in [1.807, 2.05) is 0 Å². The van der Waals surface area contributed by atoms with Gasteiger partial charge in [-0.05, 0) is 149 Å². The molecule has 8 aliphatic rings. The van der Waals surface area contributed by atoms with E-state index in [1.165, 1.54) is 89.9 Å². The van der Waals surface area contributed by atoms with Gasteiger partial charge in [-0.2, -0.15) is 0 Å². The molecule has 0 aromatic carbocycles. The van der Waals surface area contributed by atoms with Crippen molar-refractivity contribution >= 4 is 11.8 Å². The van der Waals surface area contributed by atoms with Crippen LogP contribution in [-0.4, -0.2) is 59.9 Å². The normalized spacial score (nSPS) is 50.2. The van der Waals surface area contributed by atoms with Crippen LogP contribution in [0.1, 0.15) is 116 Å². The summed E-state index contributed by atoms with van der Waals surface area (Å²) in [5.74, 6) is 5.49. The predicted molar refractivity (Wildman–Crippen MR) is 165 cm³/mol. The van der Waals surface area contributed by atoms with Crippen LogP contribution in [0.2, 0.25) is 0 Å². The highest BCUT2D eigenvalue weighted by Gasteiger charge is 2.67. The Morgan fingerprint density at radius 1 is 0.524 bits per heavy atom. The highest BCUT2D eigenvalue weighted by atomic mass is 16.2. The number of rotatable bonds is 3. The fourth-order valence-corrected chi connectivity index (χ4v) is 13.5. The second-order valence-corrected chi connectivity index (χ2v) is 16.9. The first-order chi connectivity index (χ1) is 20.4. The first kappa shape index (κ1) is 28.3. The first-order valence-electron chi connectivity index (χ1n) is 18.5. The zero-order valence-electron chi connectivity index (χ0n) is 26.2. The molecule has 2 saturated heterocycles. The SMILES string of the molecule is N[C@@H]1C2CC(CC2C2C[C@@H]3C[C@H]2[C@@H](N)[C@]32CCC[C@@H](C(=O)N3CCCCC3)C2)[C@]12CCCC(C(=O)N1CCCCC1)C2. The average Bonchev–Trinajstić information content (AvgIpc) is 3.79. The van der Waals surface area contributed by atoms with Crippen molar-refractivity contribution in [3.63, 3.8) is 0 Å². The van der Waals surface area contributed by atoms with Gasteiger partial charge >= 0.3 is 0 Å². The molecule has 234 valence electrons. The minimum atomic E-state index is 0.210. The zero-order valence-corrected chi connectivity index (χ0v) is 26.2. The number of hydrogen-bond donors (Lipinski definition) is 2. The minimum Gasteiger partial charge on any atom is -0.342 e. The van der Waals surface area contributed by atoms with Crippen LogP contribution in [0.4, 0.5) is 0 Å². The summed E-state index contributed by atoms with van der Waals surface area (Å²) in [5, 5.41) is 0. The molecule has 2 heterocycles. The topological polar surface area (TPSA) is 92.7 Å². The number of nitrogens with two attached hydrogens (primary N) is 2. The van der Waals surface area contributed by atoms with Gasteiger partial charge < -0.3 is 21.3 Å². The van der Waals surface area contributed by atoms with Gasteiger partial charge in [-0.1, -0.05) is 12.8 Å². The molecule has 8 rings (SSSR count). The van der Waals surface area contributed by atoms with Crippen LogP contribution in [0.5, 0.6) is 0 Å². The maximum Gasteiger partial charge on any atom is 0.225 e. The molecule has 0 aromatic rings. The van der Waals surface area contributed by atoms with Crippen LogP contribution in [0.25, 0.3) is 0 Å². The zero-order chi connectivity index (χ0) is 28.6. The van der Waals surface area contributed by atoms with Gasteiger partial charge in [-0.25, -0.2) is 0 Å². The largest absolute Gasteiger partial charge is 0.342 e. The molecule has 6 nitrogen and oxygen atoms in total. The van der Waals surface area contributed by atoms with E-state index >= 15 is 0 Å². The standard InChI is InChI=1S/C36H58N4O2/c37-31-29-19-25(35(31)11-7-9-23(21-35)33(41)39-13-3-1-4-14-39)17-27(29)28-18-26-20-30(28)32(38)36(26)12-8-10-24(22-36)34(42)40-15-5-2-6-16-40/h23-32H,1-22,37-38H2/t23-,24?,25-,26?,27?,28?,29-,30?,31-,32-,35+,36-/m1/s1. The summed E-state index contributed by atoms with van der Waals surface area (Å²) in [6, 6.07) is 0.535. The Morgan fingerprint density at radius 2 is 0.905 bits per heavy atom. The fraction of sp³-hybridized carbons (Fsp3) is 0.944. The maximum absolute atomic E-state index is 13.6. The van der Waals surface area contributed by atoms with Crippen LogP contribution >= 0.6 is 0 Å². The molecule has 4 bridgehead atoms. The first-order valence-corrected chi connectivity index (χ1v) is 18.5. The van der Waals surface area contributed by atoms with E-state index in [1.54, 1.807) is 0 Å². The molecule has 6 saturated carbocycles. The monoisotopic (exact) mass is 578 g/mol. The van der Waals surface area contributed by atoms with Crippen molar-refractivity contribution in [2.24, 2.45) is 69.6 Å². The number of piperidine rings is 2. The fourth-order valence-electron chi connectivity index (χ4n) is 13.5. The number of fused-ring (bicyclic) bond motifs is 6. The summed E-state index contributed by atoms with van der Waals surface area (Å²) in [6.07, 6.45) is 21.7. The number of likely N-dealkylation sites (tertiary alicyclic amines) is 2. The molecule has 12 atom stereocenters. The number of carbonyl (C=O) groups excluding carboxylic acids is 2. The second-order valence-electron chi connectivity index (χ2n) is 16.9. The highest BCUT2D eigenvalue weighted by Crippen LogP contribution is 2.71. The Bertz CT molecular complexity index is 963. The quantitative estimate of drug-likeness (QED) is 0.473. The van der Waals surface area contributed by atoms with Gasteiger partial charge in [0, 0.05) is 50.1 Å². The summed E-state index contributed by atoms with van der Waals surface area (Å²) in [4.78, 5) is 31.5. The van der Waals surface area contributed by atoms with Crippen LogP contribution < -0.4 is 11.5 Å². The minimum absolute atomic E-state index is 0.210. The maximum atomic E-state index is 13.6. The summed E-state index contributed by atoms with van der Waals surface area (Å²) >= 11 is 0. The van der Waals surface area contributed by atoms with Crippen LogP contribution in [0.3, 0.4) is 0 Å². The molecule has 0 aromatic heterocycles. The van der Waals surface area contributed by atoms with Crippen molar-refractivity contribution in [1.29, 1.82) is 0 Å². The number of amides is 2. The second kappa shape index (κ2) is 10.7. The number of carbonyl (C=O) groups is 2. The van der Waals surface area contributed by atoms with Crippen LogP contribution in [0.15, 0.2) is 0 Å². The van der Waals surface area contributed by atoms with E-state index in [9.17, 15) is 9.59 Å². The molecule has 42 heavy (non-hydrogen) atoms. The third kappa shape index (κ3) is 4.22. The van der Waals surface area contributed by atoms with Crippen LogP contribution in [-0.2, 0) is 9.59 Å². The molecule has 0 radical (unpaired) electrons. The average molecular weight is 579 g/mol. The van der Waals surface area contributed by atoms with Crippen molar-refractivity contribution in [2.75, 3.05) is 26.2 Å². The van der Waals surface area contributed by atoms with E-state index in [4.69, 9.17) is 11.5 Å². The van der Waals surface area contributed by atoms with Gasteiger partial charge in [0.05, 0.1) is 0 Å². The lowest BCUT2D eigenvalue weighted by Crippen LogP contribution is -2.56. The Balaban J connectivity index is 0.934. The molecular formula is C36H58N4O2. The van der Waals surface area contributed by atoms with Gasteiger partial charge in [0.2, 0.25) is 11.8 Å². The lowest BCUT2D eigenvalue weighted by atomic mass is 9.53. The van der Waals surface area contributed by atoms with Crippen molar-refractivity contribution in [3.8, 4) is 0 Å². The van der Waals surface area contributed by atoms with E-state index in [0.717, 1.165) is 63.7 Å². The van der Waals surface area contributed by atoms with E-state index in [-0.39, 0.29) is 34.7 Å². The predicted octanol–water partition coefficient (Wildman–Crippen LogP) is 5.33. The molecule has 2 spiro atoms. The summed E-state index contributed by atoms with van der Waals surface area (Å²) in [5.41, 5.74) is 15.1. The molecule has 5 unspecified atom stereocenters. The molecule has 6 heteroatoms. The lowest BCUT2D eigenvalue weighted by molar-refractivity contribution is -0.141. The van der Waals surface area contributed by atoms with Gasteiger partial charge in [0.1, 0.15) is 0 Å². The Kier molecular flexibility index (Phi) is 7.25. The Morgan fingerprint density at radius 3 is 1.29 bits per heavy atom. The molecule has 2 amide bonds. The Hall–Kier alpha value is -1.14. The summed E-state index contributed by atoms with van der Waals surface area (Å²) in [6.45, 7) is 3.90. The van der Waals surface area contributed by atoms with Gasteiger partial charge in [-0.3, -0.25) is 9.59 Å². The molecule has 2 aliphatic heterocycles. The smallest absolute Gasteiger partial charge is 0.225 e. The van der Waals surface area contributed by atoms with Crippen molar-refractivity contribution in [3.05, 3.63) is 0 Å². The van der Waals surface area contributed by atoms with Gasteiger partial charge in [0.15, 0.2) is 0 Å². The van der Waals surface area contributed by atoms with E-state index in [2.05, 4.69) is 9.80 Å². The van der Waals surface area contributed by atoms with E-state index < -0.39 is 0 Å². The molecule has 8 fully saturated rings. The van der Waals surface area contributed by atoms with Crippen molar-refractivity contribution < 1.29 is 9.59 Å². The van der Waals surface area contributed by atoms with Gasteiger partial charge in [-0.15, -0.1) is 0 Å².